The van der Waals surface area contributed by atoms with Crippen LogP contribution in [0.25, 0.3) is 0 Å². The van der Waals surface area contributed by atoms with Gasteiger partial charge in [0.15, 0.2) is 0 Å². The molecule has 0 aliphatic carbocycles. The summed E-state index contributed by atoms with van der Waals surface area (Å²) in [6.45, 7) is 3.73. The first-order chi connectivity index (χ1) is 6.02. The molecule has 0 N–H and O–H groups in total. The molecule has 2 heterocycles. The number of fused-ring (bicyclic) bond motifs is 1. The molecule has 0 saturated heterocycles. The standard InChI is InChI=1S/C8H10N4O/c1-8(2)6-5(10-11-8)4-9-12(3)7(6)13/h4H,1-3H3. The molecule has 1 aliphatic heterocycles. The molecule has 1 aromatic rings. The normalized spacial score (nSPS) is 17.5. The first kappa shape index (κ1) is 8.10. The Balaban J connectivity index is 2.81. The highest BCUT2D eigenvalue weighted by Crippen LogP contribution is 2.36. The van der Waals surface area contributed by atoms with Gasteiger partial charge >= 0.3 is 0 Å². The second kappa shape index (κ2) is 2.25. The van der Waals surface area contributed by atoms with Gasteiger partial charge in [-0.25, -0.2) is 4.68 Å². The second-order valence-corrected chi connectivity index (χ2v) is 3.59. The summed E-state index contributed by atoms with van der Waals surface area (Å²) in [5.41, 5.74) is 0.596. The molecule has 0 spiro atoms. The van der Waals surface area contributed by atoms with Crippen LogP contribution in [0.2, 0.25) is 0 Å². The van der Waals surface area contributed by atoms with Crippen molar-refractivity contribution in [1.29, 1.82) is 0 Å². The third kappa shape index (κ3) is 0.998. The Bertz CT molecular complexity index is 444. The van der Waals surface area contributed by atoms with Crippen molar-refractivity contribution in [1.82, 2.24) is 9.78 Å². The Morgan fingerprint density at radius 1 is 1.46 bits per heavy atom. The molecule has 1 aliphatic rings. The Morgan fingerprint density at radius 2 is 2.15 bits per heavy atom. The Kier molecular flexibility index (Phi) is 1.40. The molecule has 0 amide bonds. The van der Waals surface area contributed by atoms with Crippen LogP contribution in [-0.2, 0) is 12.6 Å². The SMILES string of the molecule is Cn1ncc2c(c1=O)C(C)(C)N=N2. The van der Waals surface area contributed by atoms with E-state index in [1.165, 1.54) is 4.68 Å². The van der Waals surface area contributed by atoms with Crippen LogP contribution >= 0.6 is 0 Å². The minimum absolute atomic E-state index is 0.118. The molecular formula is C8H10N4O. The summed E-state index contributed by atoms with van der Waals surface area (Å²) < 4.78 is 1.30. The lowest BCUT2D eigenvalue weighted by molar-refractivity contribution is 0.538. The van der Waals surface area contributed by atoms with E-state index in [1.54, 1.807) is 13.2 Å². The lowest BCUT2D eigenvalue weighted by Gasteiger charge is -2.12. The summed E-state index contributed by atoms with van der Waals surface area (Å²) in [6.07, 6.45) is 1.56. The lowest BCUT2D eigenvalue weighted by Crippen LogP contribution is -2.28. The second-order valence-electron chi connectivity index (χ2n) is 3.59. The van der Waals surface area contributed by atoms with Crippen LogP contribution in [0.1, 0.15) is 19.4 Å². The smallest absolute Gasteiger partial charge is 0.267 e. The highest BCUT2D eigenvalue weighted by Gasteiger charge is 2.32. The van der Waals surface area contributed by atoms with E-state index in [0.717, 1.165) is 0 Å². The van der Waals surface area contributed by atoms with Crippen LogP contribution in [0, 0.1) is 0 Å². The van der Waals surface area contributed by atoms with Gasteiger partial charge in [0.2, 0.25) is 0 Å². The summed E-state index contributed by atoms with van der Waals surface area (Å²) in [6, 6.07) is 0. The predicted octanol–water partition coefficient (Wildman–Crippen LogP) is 1.11. The zero-order chi connectivity index (χ0) is 9.64. The molecule has 0 unspecified atom stereocenters. The molecule has 2 rings (SSSR count). The number of rotatable bonds is 0. The van der Waals surface area contributed by atoms with E-state index < -0.39 is 5.54 Å². The van der Waals surface area contributed by atoms with Crippen LogP contribution in [0.15, 0.2) is 21.2 Å². The van der Waals surface area contributed by atoms with Gasteiger partial charge < -0.3 is 0 Å². The fraction of sp³-hybridized carbons (Fsp3) is 0.500. The van der Waals surface area contributed by atoms with E-state index in [2.05, 4.69) is 15.3 Å². The van der Waals surface area contributed by atoms with Crippen molar-refractivity contribution < 1.29 is 0 Å². The molecule has 0 bridgehead atoms. The molecule has 13 heavy (non-hydrogen) atoms. The average Bonchev–Trinajstić information content (AvgIpc) is 2.35. The highest BCUT2D eigenvalue weighted by molar-refractivity contribution is 5.48. The van der Waals surface area contributed by atoms with E-state index >= 15 is 0 Å². The van der Waals surface area contributed by atoms with Crippen LogP contribution < -0.4 is 5.56 Å². The number of hydrogen-bond donors (Lipinski definition) is 0. The number of aryl methyl sites for hydroxylation is 1. The maximum atomic E-state index is 11.7. The average molecular weight is 178 g/mol. The fourth-order valence-electron chi connectivity index (χ4n) is 1.41. The third-order valence-electron chi connectivity index (χ3n) is 2.14. The van der Waals surface area contributed by atoms with Crippen molar-refractivity contribution in [3.05, 3.63) is 22.1 Å². The molecule has 0 aromatic carbocycles. The Labute approximate surface area is 75.1 Å². The predicted molar refractivity (Wildman–Crippen MR) is 47.0 cm³/mol. The van der Waals surface area contributed by atoms with Gasteiger partial charge in [0.05, 0.1) is 11.8 Å². The van der Waals surface area contributed by atoms with Crippen LogP contribution in [0.4, 0.5) is 5.69 Å². The molecule has 68 valence electrons. The fourth-order valence-corrected chi connectivity index (χ4v) is 1.41. The molecule has 0 fully saturated rings. The quantitative estimate of drug-likeness (QED) is 0.597. The molecule has 0 saturated carbocycles. The highest BCUT2D eigenvalue weighted by atomic mass is 16.1. The molecule has 0 atom stereocenters. The van der Waals surface area contributed by atoms with E-state index in [0.29, 0.717) is 11.3 Å². The van der Waals surface area contributed by atoms with Crippen molar-refractivity contribution in [3.8, 4) is 0 Å². The number of aromatic nitrogens is 2. The summed E-state index contributed by atoms with van der Waals surface area (Å²) in [5, 5.41) is 11.8. The van der Waals surface area contributed by atoms with Gasteiger partial charge in [-0.15, -0.1) is 0 Å². The maximum Gasteiger partial charge on any atom is 0.274 e. The molecule has 5 heteroatoms. The Hall–Kier alpha value is -1.52. The topological polar surface area (TPSA) is 59.6 Å². The zero-order valence-electron chi connectivity index (χ0n) is 7.77. The van der Waals surface area contributed by atoms with Crippen LogP contribution in [0.3, 0.4) is 0 Å². The molecular weight excluding hydrogens is 168 g/mol. The van der Waals surface area contributed by atoms with Gasteiger partial charge in [0.25, 0.3) is 5.56 Å². The van der Waals surface area contributed by atoms with E-state index in [9.17, 15) is 4.79 Å². The van der Waals surface area contributed by atoms with Crippen molar-refractivity contribution in [2.75, 3.05) is 0 Å². The molecule has 5 nitrogen and oxygen atoms in total. The first-order valence-corrected chi connectivity index (χ1v) is 4.02. The minimum atomic E-state index is -0.507. The van der Waals surface area contributed by atoms with E-state index in [-0.39, 0.29) is 5.56 Å². The summed E-state index contributed by atoms with van der Waals surface area (Å²) in [5.74, 6) is 0. The van der Waals surface area contributed by atoms with Crippen molar-refractivity contribution >= 4 is 5.69 Å². The summed E-state index contributed by atoms with van der Waals surface area (Å²) in [4.78, 5) is 11.7. The Morgan fingerprint density at radius 3 is 2.85 bits per heavy atom. The van der Waals surface area contributed by atoms with E-state index in [4.69, 9.17) is 0 Å². The van der Waals surface area contributed by atoms with Gasteiger partial charge in [0, 0.05) is 7.05 Å². The summed E-state index contributed by atoms with van der Waals surface area (Å²) in [7, 11) is 1.62. The lowest BCUT2D eigenvalue weighted by atomic mass is 9.97. The van der Waals surface area contributed by atoms with Gasteiger partial charge in [-0.05, 0) is 13.8 Å². The first-order valence-electron chi connectivity index (χ1n) is 4.02. The molecule has 1 aromatic heterocycles. The van der Waals surface area contributed by atoms with Crippen LogP contribution in [0.5, 0.6) is 0 Å². The van der Waals surface area contributed by atoms with Crippen LogP contribution in [-0.4, -0.2) is 9.78 Å². The van der Waals surface area contributed by atoms with Crippen molar-refractivity contribution in [2.45, 2.75) is 19.4 Å². The summed E-state index contributed by atoms with van der Waals surface area (Å²) >= 11 is 0. The number of azo groups is 1. The van der Waals surface area contributed by atoms with Crippen molar-refractivity contribution in [3.63, 3.8) is 0 Å². The van der Waals surface area contributed by atoms with Gasteiger partial charge in [-0.2, -0.15) is 15.3 Å². The van der Waals surface area contributed by atoms with Gasteiger partial charge in [0.1, 0.15) is 11.2 Å². The maximum absolute atomic E-state index is 11.7. The van der Waals surface area contributed by atoms with Gasteiger partial charge in [-0.1, -0.05) is 0 Å². The zero-order valence-corrected chi connectivity index (χ0v) is 7.77. The van der Waals surface area contributed by atoms with E-state index in [1.807, 2.05) is 13.8 Å². The van der Waals surface area contributed by atoms with Crippen molar-refractivity contribution in [2.24, 2.45) is 17.3 Å². The van der Waals surface area contributed by atoms with Gasteiger partial charge in [-0.3, -0.25) is 4.79 Å². The third-order valence-corrected chi connectivity index (χ3v) is 2.14. The molecule has 0 radical (unpaired) electrons. The minimum Gasteiger partial charge on any atom is -0.267 e. The number of nitrogens with zero attached hydrogens (tertiary/aromatic N) is 4. The number of hydrogen-bond acceptors (Lipinski definition) is 4. The monoisotopic (exact) mass is 178 g/mol. The largest absolute Gasteiger partial charge is 0.274 e.